The molecule has 1 aromatic carbocycles. The third-order valence-electron chi connectivity index (χ3n) is 3.33. The lowest BCUT2D eigenvalue weighted by molar-refractivity contribution is 0.213. The number of likely N-dealkylation sites (tertiary alicyclic amines) is 1. The second-order valence-corrected chi connectivity index (χ2v) is 5.05. The molecule has 1 aliphatic rings. The van der Waals surface area contributed by atoms with Gasteiger partial charge in [0.05, 0.1) is 0 Å². The first kappa shape index (κ1) is 12.3. The summed E-state index contributed by atoms with van der Waals surface area (Å²) >= 11 is 0. The smallest absolute Gasteiger partial charge is 0.123 e. The molecular weight excluding hydrogens is 213 g/mol. The summed E-state index contributed by atoms with van der Waals surface area (Å²) < 4.78 is 12.8. The number of rotatable bonds is 2. The van der Waals surface area contributed by atoms with Gasteiger partial charge in [-0.05, 0) is 37.0 Å². The normalized spacial score (nSPS) is 24.2. The standard InChI is InChI=1S/C15H20FN/c1-3-13-8-12(2)9-17(10-13)11-14-4-6-15(16)7-5-14/h3-7,12H,8-11H2,1-2H3. The summed E-state index contributed by atoms with van der Waals surface area (Å²) in [7, 11) is 0. The summed E-state index contributed by atoms with van der Waals surface area (Å²) in [5.41, 5.74) is 2.71. The number of allylic oxidation sites excluding steroid dienone is 1. The fourth-order valence-electron chi connectivity index (χ4n) is 2.55. The summed E-state index contributed by atoms with van der Waals surface area (Å²) in [6, 6.07) is 6.84. The average molecular weight is 233 g/mol. The van der Waals surface area contributed by atoms with Crippen molar-refractivity contribution in [3.63, 3.8) is 0 Å². The molecule has 1 fully saturated rings. The van der Waals surface area contributed by atoms with Gasteiger partial charge >= 0.3 is 0 Å². The zero-order valence-corrected chi connectivity index (χ0v) is 10.6. The molecule has 0 spiro atoms. The largest absolute Gasteiger partial charge is 0.295 e. The van der Waals surface area contributed by atoms with E-state index in [1.54, 1.807) is 12.1 Å². The highest BCUT2D eigenvalue weighted by Crippen LogP contribution is 2.22. The van der Waals surface area contributed by atoms with Crippen molar-refractivity contribution < 1.29 is 4.39 Å². The van der Waals surface area contributed by atoms with E-state index in [2.05, 4.69) is 24.8 Å². The molecule has 17 heavy (non-hydrogen) atoms. The van der Waals surface area contributed by atoms with Crippen LogP contribution in [-0.4, -0.2) is 18.0 Å². The maximum atomic E-state index is 12.8. The molecule has 1 heterocycles. The van der Waals surface area contributed by atoms with Crippen molar-refractivity contribution in [2.45, 2.75) is 26.8 Å². The van der Waals surface area contributed by atoms with E-state index in [-0.39, 0.29) is 5.82 Å². The Morgan fingerprint density at radius 2 is 2.06 bits per heavy atom. The molecule has 1 atom stereocenters. The molecule has 0 N–H and O–H groups in total. The van der Waals surface area contributed by atoms with Gasteiger partial charge in [-0.15, -0.1) is 0 Å². The number of halogens is 1. The van der Waals surface area contributed by atoms with E-state index in [4.69, 9.17) is 0 Å². The van der Waals surface area contributed by atoms with Gasteiger partial charge < -0.3 is 0 Å². The van der Waals surface area contributed by atoms with Gasteiger partial charge in [0, 0.05) is 19.6 Å². The number of hydrogen-bond donors (Lipinski definition) is 0. The monoisotopic (exact) mass is 233 g/mol. The average Bonchev–Trinajstić information content (AvgIpc) is 2.31. The Bertz CT molecular complexity index is 394. The highest BCUT2D eigenvalue weighted by atomic mass is 19.1. The second-order valence-electron chi connectivity index (χ2n) is 5.05. The molecule has 1 saturated heterocycles. The summed E-state index contributed by atoms with van der Waals surface area (Å²) in [5.74, 6) is 0.560. The lowest BCUT2D eigenvalue weighted by atomic mass is 9.95. The van der Waals surface area contributed by atoms with Gasteiger partial charge in [-0.1, -0.05) is 30.7 Å². The third-order valence-corrected chi connectivity index (χ3v) is 3.33. The molecule has 1 nitrogen and oxygen atoms in total. The van der Waals surface area contributed by atoms with Crippen molar-refractivity contribution in [1.82, 2.24) is 4.90 Å². The van der Waals surface area contributed by atoms with Crippen molar-refractivity contribution >= 4 is 0 Å². The van der Waals surface area contributed by atoms with Crippen molar-refractivity contribution in [2.75, 3.05) is 13.1 Å². The van der Waals surface area contributed by atoms with Gasteiger partial charge in [0.25, 0.3) is 0 Å². The highest BCUT2D eigenvalue weighted by molar-refractivity contribution is 5.17. The van der Waals surface area contributed by atoms with Crippen molar-refractivity contribution in [1.29, 1.82) is 0 Å². The number of hydrogen-bond acceptors (Lipinski definition) is 1. The third kappa shape index (κ3) is 3.40. The van der Waals surface area contributed by atoms with Crippen LogP contribution in [0.4, 0.5) is 4.39 Å². The summed E-state index contributed by atoms with van der Waals surface area (Å²) in [4.78, 5) is 2.44. The van der Waals surface area contributed by atoms with E-state index >= 15 is 0 Å². The maximum Gasteiger partial charge on any atom is 0.123 e. The van der Waals surface area contributed by atoms with Crippen molar-refractivity contribution in [3.8, 4) is 0 Å². The number of piperidine rings is 1. The molecular formula is C15H20FN. The molecule has 0 aromatic heterocycles. The predicted molar refractivity (Wildman–Crippen MR) is 69.2 cm³/mol. The Hall–Kier alpha value is -1.15. The molecule has 92 valence electrons. The zero-order chi connectivity index (χ0) is 12.3. The first-order chi connectivity index (χ1) is 8.17. The van der Waals surface area contributed by atoms with Crippen LogP contribution < -0.4 is 0 Å². The lowest BCUT2D eigenvalue weighted by Gasteiger charge is -2.32. The van der Waals surface area contributed by atoms with Gasteiger partial charge in [-0.3, -0.25) is 4.90 Å². The molecule has 2 heteroatoms. The molecule has 0 bridgehead atoms. The topological polar surface area (TPSA) is 3.24 Å². The van der Waals surface area contributed by atoms with Crippen LogP contribution in [-0.2, 0) is 6.54 Å². The Balaban J connectivity index is 2.00. The van der Waals surface area contributed by atoms with Crippen molar-refractivity contribution in [2.24, 2.45) is 5.92 Å². The van der Waals surface area contributed by atoms with E-state index in [9.17, 15) is 4.39 Å². The Morgan fingerprint density at radius 3 is 2.71 bits per heavy atom. The molecule has 1 unspecified atom stereocenters. The van der Waals surface area contributed by atoms with Crippen molar-refractivity contribution in [3.05, 3.63) is 47.3 Å². The minimum Gasteiger partial charge on any atom is -0.295 e. The maximum absolute atomic E-state index is 12.8. The fraction of sp³-hybridized carbons (Fsp3) is 0.467. The molecule has 0 saturated carbocycles. The minimum absolute atomic E-state index is 0.157. The van der Waals surface area contributed by atoms with Crippen LogP contribution >= 0.6 is 0 Å². The predicted octanol–water partition coefficient (Wildman–Crippen LogP) is 3.61. The van der Waals surface area contributed by atoms with Crippen LogP contribution in [0.25, 0.3) is 0 Å². The summed E-state index contributed by atoms with van der Waals surface area (Å²) in [5, 5.41) is 0. The Kier molecular flexibility index (Phi) is 3.95. The SMILES string of the molecule is CC=C1CC(C)CN(Cc2ccc(F)cc2)C1. The molecule has 2 rings (SSSR count). The van der Waals surface area contributed by atoms with E-state index in [1.165, 1.54) is 17.6 Å². The summed E-state index contributed by atoms with van der Waals surface area (Å²) in [6.45, 7) is 7.51. The van der Waals surface area contributed by atoms with Crippen LogP contribution in [0.1, 0.15) is 25.8 Å². The van der Waals surface area contributed by atoms with Crippen LogP contribution in [0.2, 0.25) is 0 Å². The van der Waals surface area contributed by atoms with E-state index < -0.39 is 0 Å². The molecule has 0 aliphatic carbocycles. The van der Waals surface area contributed by atoms with E-state index in [1.807, 2.05) is 12.1 Å². The Labute approximate surface area is 103 Å². The summed E-state index contributed by atoms with van der Waals surface area (Å²) in [6.07, 6.45) is 3.45. The van der Waals surface area contributed by atoms with Gasteiger partial charge in [-0.2, -0.15) is 0 Å². The molecule has 1 aromatic rings. The highest BCUT2D eigenvalue weighted by Gasteiger charge is 2.19. The van der Waals surface area contributed by atoms with Crippen LogP contribution in [0.5, 0.6) is 0 Å². The molecule has 0 radical (unpaired) electrons. The van der Waals surface area contributed by atoms with Crippen LogP contribution in [0.15, 0.2) is 35.9 Å². The minimum atomic E-state index is -0.157. The zero-order valence-electron chi connectivity index (χ0n) is 10.6. The first-order valence-corrected chi connectivity index (χ1v) is 6.28. The van der Waals surface area contributed by atoms with Gasteiger partial charge in [0.1, 0.15) is 5.82 Å². The second kappa shape index (κ2) is 5.46. The number of nitrogens with zero attached hydrogens (tertiary/aromatic N) is 1. The van der Waals surface area contributed by atoms with E-state index in [0.717, 1.165) is 25.6 Å². The number of benzene rings is 1. The Morgan fingerprint density at radius 1 is 1.35 bits per heavy atom. The van der Waals surface area contributed by atoms with Crippen LogP contribution in [0.3, 0.4) is 0 Å². The van der Waals surface area contributed by atoms with E-state index in [0.29, 0.717) is 0 Å². The fourth-order valence-corrected chi connectivity index (χ4v) is 2.55. The van der Waals surface area contributed by atoms with Gasteiger partial charge in [0.15, 0.2) is 0 Å². The molecule has 0 amide bonds. The molecule has 1 aliphatic heterocycles. The lowest BCUT2D eigenvalue weighted by Crippen LogP contribution is -2.35. The van der Waals surface area contributed by atoms with Gasteiger partial charge in [0.2, 0.25) is 0 Å². The van der Waals surface area contributed by atoms with Gasteiger partial charge in [-0.25, -0.2) is 4.39 Å². The quantitative estimate of drug-likeness (QED) is 0.705. The first-order valence-electron chi connectivity index (χ1n) is 6.28. The van der Waals surface area contributed by atoms with Crippen LogP contribution in [0, 0.1) is 11.7 Å².